The smallest absolute Gasteiger partial charge is 0.136 e. The van der Waals surface area contributed by atoms with Gasteiger partial charge in [-0.2, -0.15) is 5.10 Å². The van der Waals surface area contributed by atoms with Crippen LogP contribution in [0.4, 0.5) is 14.6 Å². The number of anilines is 1. The van der Waals surface area contributed by atoms with Crippen molar-refractivity contribution in [2.75, 3.05) is 11.4 Å². The second-order valence-corrected chi connectivity index (χ2v) is 11.9. The fraction of sp³-hybridized carbons (Fsp3) is 0.389. The Balaban J connectivity index is 1.87. The van der Waals surface area contributed by atoms with Crippen molar-refractivity contribution in [1.82, 2.24) is 10.2 Å². The molecule has 1 N–H and O–H groups in total. The van der Waals surface area contributed by atoms with Crippen LogP contribution in [0, 0.1) is 23.1 Å². The molecule has 0 unspecified atom stereocenters. The topological polar surface area (TPSA) is 31.9 Å². The van der Waals surface area contributed by atoms with E-state index < -0.39 is 13.9 Å². The fourth-order valence-corrected chi connectivity index (χ4v) is 3.43. The molecule has 6 heteroatoms. The summed E-state index contributed by atoms with van der Waals surface area (Å²) in [6, 6.07) is 5.35. The summed E-state index contributed by atoms with van der Waals surface area (Å²) in [6.45, 7) is 7.31. The summed E-state index contributed by atoms with van der Waals surface area (Å²) in [5.41, 5.74) is 4.37. The number of benzene rings is 1. The van der Waals surface area contributed by atoms with Crippen LogP contribution in [0.2, 0.25) is 19.6 Å². The van der Waals surface area contributed by atoms with Gasteiger partial charge in [0, 0.05) is 18.2 Å². The third-order valence-corrected chi connectivity index (χ3v) is 4.88. The van der Waals surface area contributed by atoms with E-state index in [1.807, 2.05) is 11.0 Å². The van der Waals surface area contributed by atoms with E-state index in [4.69, 9.17) is 0 Å². The Morgan fingerprint density at radius 2 is 2.04 bits per heavy atom. The molecule has 1 atom stereocenters. The highest BCUT2D eigenvalue weighted by Crippen LogP contribution is 2.36. The van der Waals surface area contributed by atoms with Gasteiger partial charge in [0.05, 0.1) is 6.04 Å². The van der Waals surface area contributed by atoms with Crippen LogP contribution in [0.5, 0.6) is 0 Å². The Labute approximate surface area is 142 Å². The van der Waals surface area contributed by atoms with Gasteiger partial charge in [0.2, 0.25) is 0 Å². The molecule has 2 heterocycles. The zero-order chi connectivity index (χ0) is 17.3. The first-order valence-electron chi connectivity index (χ1n) is 8.14. The van der Waals surface area contributed by atoms with E-state index in [0.717, 1.165) is 31.3 Å². The summed E-state index contributed by atoms with van der Waals surface area (Å²) in [6.07, 6.45) is 1.71. The van der Waals surface area contributed by atoms with Crippen molar-refractivity contribution < 1.29 is 8.78 Å². The maximum atomic E-state index is 14.1. The molecule has 0 amide bonds. The van der Waals surface area contributed by atoms with E-state index in [9.17, 15) is 8.78 Å². The van der Waals surface area contributed by atoms with E-state index in [0.29, 0.717) is 11.3 Å². The summed E-state index contributed by atoms with van der Waals surface area (Å²) in [4.78, 5) is 2.05. The van der Waals surface area contributed by atoms with Crippen LogP contribution in [0.3, 0.4) is 0 Å². The summed E-state index contributed by atoms with van der Waals surface area (Å²) >= 11 is 0. The number of aromatic amines is 1. The van der Waals surface area contributed by atoms with Crippen molar-refractivity contribution in [3.05, 3.63) is 47.2 Å². The van der Waals surface area contributed by atoms with Crippen molar-refractivity contribution in [2.45, 2.75) is 38.5 Å². The summed E-state index contributed by atoms with van der Waals surface area (Å²) in [7, 11) is -1.46. The number of H-pyrrole nitrogens is 1. The molecule has 24 heavy (non-hydrogen) atoms. The lowest BCUT2D eigenvalue weighted by Gasteiger charge is -2.25. The van der Waals surface area contributed by atoms with Gasteiger partial charge in [0.15, 0.2) is 0 Å². The number of halogens is 2. The van der Waals surface area contributed by atoms with E-state index in [1.165, 1.54) is 12.1 Å². The number of hydrogen-bond donors (Lipinski definition) is 1. The van der Waals surface area contributed by atoms with Crippen molar-refractivity contribution in [3.63, 3.8) is 0 Å². The largest absolute Gasteiger partial charge is 0.350 e. The predicted octanol–water partition coefficient (Wildman–Crippen LogP) is 4.26. The SMILES string of the molecule is C[Si](C)(C)C#Cc1cc(N2CCC[C@@H]2c2cc(F)ccc2F)[nH]n1. The van der Waals surface area contributed by atoms with Crippen LogP contribution in [0.1, 0.15) is 30.1 Å². The number of nitrogens with one attached hydrogen (secondary N) is 1. The van der Waals surface area contributed by atoms with E-state index in [2.05, 4.69) is 41.3 Å². The van der Waals surface area contributed by atoms with Gasteiger partial charge in [0.1, 0.15) is 31.2 Å². The standard InChI is InChI=1S/C18H21F2N3Si/c1-24(2,3)10-8-14-12-18(22-21-14)23-9-4-5-17(23)15-11-13(19)6-7-16(15)20/h6-7,11-12,17H,4-5,9H2,1-3H3,(H,21,22)/t17-/m1/s1. The minimum Gasteiger partial charge on any atom is -0.350 e. The number of aromatic nitrogens is 2. The zero-order valence-corrected chi connectivity index (χ0v) is 15.2. The first kappa shape index (κ1) is 16.7. The number of nitrogens with zero attached hydrogens (tertiary/aromatic N) is 2. The highest BCUT2D eigenvalue weighted by atomic mass is 28.3. The molecular formula is C18H21F2N3Si. The first-order chi connectivity index (χ1) is 11.3. The van der Waals surface area contributed by atoms with Crippen molar-refractivity contribution in [2.24, 2.45) is 0 Å². The van der Waals surface area contributed by atoms with Crippen molar-refractivity contribution in [3.8, 4) is 11.5 Å². The summed E-state index contributed by atoms with van der Waals surface area (Å²) in [5, 5.41) is 7.24. The Hall–Kier alpha value is -2.13. The van der Waals surface area contributed by atoms with Crippen LogP contribution in [-0.2, 0) is 0 Å². The summed E-state index contributed by atoms with van der Waals surface area (Å²) in [5.74, 6) is 3.14. The van der Waals surface area contributed by atoms with Crippen molar-refractivity contribution in [1.29, 1.82) is 0 Å². The lowest BCUT2D eigenvalue weighted by Crippen LogP contribution is -2.23. The van der Waals surface area contributed by atoms with Gasteiger partial charge in [0.25, 0.3) is 0 Å². The third-order valence-electron chi connectivity index (χ3n) is 4.01. The minimum absolute atomic E-state index is 0.182. The molecule has 1 aromatic heterocycles. The van der Waals surface area contributed by atoms with Crippen molar-refractivity contribution >= 4 is 13.9 Å². The van der Waals surface area contributed by atoms with Gasteiger partial charge < -0.3 is 4.90 Å². The van der Waals surface area contributed by atoms with Crippen LogP contribution in [0.25, 0.3) is 0 Å². The van der Waals surface area contributed by atoms with Gasteiger partial charge in [-0.15, -0.1) is 5.54 Å². The molecule has 0 bridgehead atoms. The average molecular weight is 345 g/mol. The first-order valence-corrected chi connectivity index (χ1v) is 11.6. The van der Waals surface area contributed by atoms with Gasteiger partial charge in [-0.05, 0) is 31.0 Å². The molecule has 3 nitrogen and oxygen atoms in total. The minimum atomic E-state index is -1.46. The summed E-state index contributed by atoms with van der Waals surface area (Å²) < 4.78 is 27.7. The Kier molecular flexibility index (Phi) is 4.46. The highest BCUT2D eigenvalue weighted by molar-refractivity contribution is 6.83. The van der Waals surface area contributed by atoms with E-state index >= 15 is 0 Å². The Bertz CT molecular complexity index is 799. The molecule has 1 aromatic carbocycles. The van der Waals surface area contributed by atoms with E-state index in [-0.39, 0.29) is 11.9 Å². The van der Waals surface area contributed by atoms with Gasteiger partial charge in [-0.25, -0.2) is 8.78 Å². The molecule has 1 saturated heterocycles. The second-order valence-electron chi connectivity index (χ2n) is 7.16. The zero-order valence-electron chi connectivity index (χ0n) is 14.2. The molecule has 0 radical (unpaired) electrons. The highest BCUT2D eigenvalue weighted by Gasteiger charge is 2.29. The normalized spacial score (nSPS) is 17.7. The van der Waals surface area contributed by atoms with Crippen LogP contribution >= 0.6 is 0 Å². The molecule has 1 aliphatic heterocycles. The molecule has 2 aromatic rings. The second kappa shape index (κ2) is 6.40. The maximum Gasteiger partial charge on any atom is 0.136 e. The van der Waals surface area contributed by atoms with Gasteiger partial charge >= 0.3 is 0 Å². The Morgan fingerprint density at radius 3 is 2.79 bits per heavy atom. The monoisotopic (exact) mass is 345 g/mol. The quantitative estimate of drug-likeness (QED) is 0.651. The number of hydrogen-bond acceptors (Lipinski definition) is 2. The molecule has 0 spiro atoms. The van der Waals surface area contributed by atoms with Gasteiger partial charge in [-0.1, -0.05) is 25.6 Å². The van der Waals surface area contributed by atoms with Crippen LogP contribution < -0.4 is 4.90 Å². The lowest BCUT2D eigenvalue weighted by atomic mass is 10.0. The van der Waals surface area contributed by atoms with Crippen LogP contribution in [-0.4, -0.2) is 24.8 Å². The van der Waals surface area contributed by atoms with Gasteiger partial charge in [-0.3, -0.25) is 5.10 Å². The molecule has 0 aliphatic carbocycles. The molecule has 1 fully saturated rings. The molecule has 0 saturated carbocycles. The molecular weight excluding hydrogens is 324 g/mol. The van der Waals surface area contributed by atoms with E-state index in [1.54, 1.807) is 0 Å². The third kappa shape index (κ3) is 3.67. The number of rotatable bonds is 2. The fourth-order valence-electron chi connectivity index (χ4n) is 2.92. The maximum absolute atomic E-state index is 14.1. The lowest BCUT2D eigenvalue weighted by molar-refractivity contribution is 0.560. The molecule has 1 aliphatic rings. The van der Waals surface area contributed by atoms with Crippen LogP contribution in [0.15, 0.2) is 24.3 Å². The molecule has 126 valence electrons. The molecule has 3 rings (SSSR count). The average Bonchev–Trinajstić information content (AvgIpc) is 3.15. The predicted molar refractivity (Wildman–Crippen MR) is 94.5 cm³/mol. The Morgan fingerprint density at radius 1 is 1.25 bits per heavy atom.